The Morgan fingerprint density at radius 2 is 1.59 bits per heavy atom. The van der Waals surface area contributed by atoms with Gasteiger partial charge in [0.1, 0.15) is 30.0 Å². The molecule has 0 bridgehead atoms. The zero-order valence-corrected chi connectivity index (χ0v) is 19.0. The Labute approximate surface area is 188 Å². The molecule has 2 heterocycles. The van der Waals surface area contributed by atoms with E-state index in [1.165, 1.54) is 0 Å². The van der Waals surface area contributed by atoms with Crippen molar-refractivity contribution in [3.05, 3.63) is 0 Å². The average Bonchev–Trinajstić information content (AvgIpc) is 2.71. The Hall–Kier alpha value is -0.480. The Balaban J connectivity index is 1.69. The van der Waals surface area contributed by atoms with Crippen LogP contribution in [0.4, 0.5) is 0 Å². The minimum atomic E-state index is -1.29. The van der Waals surface area contributed by atoms with Crippen LogP contribution in [-0.4, -0.2) is 108 Å². The molecule has 0 aromatic carbocycles. The highest BCUT2D eigenvalue weighted by molar-refractivity contribution is 5.02. The molecule has 188 valence electrons. The second kappa shape index (κ2) is 10.4. The van der Waals surface area contributed by atoms with E-state index in [1.54, 1.807) is 14.0 Å². The van der Waals surface area contributed by atoms with Crippen LogP contribution >= 0.6 is 0 Å². The van der Waals surface area contributed by atoms with Gasteiger partial charge in [-0.15, -0.1) is 0 Å². The summed E-state index contributed by atoms with van der Waals surface area (Å²) in [4.78, 5) is 0. The normalized spacial score (nSPS) is 51.4. The number of hydrogen-bond acceptors (Lipinski definition) is 12. The van der Waals surface area contributed by atoms with Gasteiger partial charge in [-0.3, -0.25) is 0 Å². The van der Waals surface area contributed by atoms with E-state index in [0.717, 1.165) is 6.42 Å². The number of hydrogen-bond donors (Lipinski definition) is 8. The van der Waals surface area contributed by atoms with E-state index in [-0.39, 0.29) is 24.8 Å². The summed E-state index contributed by atoms with van der Waals surface area (Å²) in [6, 6.07) is -2.47. The molecule has 0 unspecified atom stereocenters. The Kier molecular flexibility index (Phi) is 8.51. The first-order chi connectivity index (χ1) is 15.0. The molecular weight excluding hydrogens is 422 g/mol. The molecule has 12 nitrogen and oxygen atoms in total. The van der Waals surface area contributed by atoms with Crippen molar-refractivity contribution in [1.29, 1.82) is 0 Å². The maximum absolute atomic E-state index is 11.1. The zero-order chi connectivity index (χ0) is 23.8. The Morgan fingerprint density at radius 3 is 2.16 bits per heavy atom. The maximum atomic E-state index is 11.1. The molecule has 2 aliphatic heterocycles. The van der Waals surface area contributed by atoms with Crippen LogP contribution in [0.15, 0.2) is 0 Å². The Bertz CT molecular complexity index is 615. The summed E-state index contributed by atoms with van der Waals surface area (Å²) in [7, 11) is 1.62. The van der Waals surface area contributed by atoms with Gasteiger partial charge in [-0.25, -0.2) is 0 Å². The van der Waals surface area contributed by atoms with Crippen molar-refractivity contribution in [3.63, 3.8) is 0 Å². The molecule has 1 aliphatic carbocycles. The van der Waals surface area contributed by atoms with Gasteiger partial charge in [0.2, 0.25) is 0 Å². The molecule has 3 fully saturated rings. The van der Waals surface area contributed by atoms with Crippen molar-refractivity contribution in [2.75, 3.05) is 13.7 Å². The lowest BCUT2D eigenvalue weighted by Gasteiger charge is -2.48. The first kappa shape index (κ1) is 26.1. The molecule has 3 rings (SSSR count). The van der Waals surface area contributed by atoms with Gasteiger partial charge in [0.25, 0.3) is 0 Å². The Morgan fingerprint density at radius 1 is 1.00 bits per heavy atom. The number of likely N-dealkylation sites (N-methyl/N-ethyl adjacent to an activating group) is 1. The summed E-state index contributed by atoms with van der Waals surface area (Å²) in [5, 5.41) is 35.0. The lowest BCUT2D eigenvalue weighted by atomic mass is 9.84. The zero-order valence-electron chi connectivity index (χ0n) is 19.0. The minimum absolute atomic E-state index is 0.0683. The lowest BCUT2D eigenvalue weighted by molar-refractivity contribution is -0.307. The predicted molar refractivity (Wildman–Crippen MR) is 115 cm³/mol. The third kappa shape index (κ3) is 5.43. The van der Waals surface area contributed by atoms with Crippen molar-refractivity contribution in [2.24, 2.45) is 22.9 Å². The van der Waals surface area contributed by atoms with Crippen LogP contribution in [0.1, 0.15) is 33.1 Å². The number of aliphatic hydroxyl groups is 3. The summed E-state index contributed by atoms with van der Waals surface area (Å²) >= 11 is 0. The van der Waals surface area contributed by atoms with Gasteiger partial charge in [-0.2, -0.15) is 0 Å². The molecule has 0 amide bonds. The van der Waals surface area contributed by atoms with Crippen LogP contribution in [0, 0.1) is 0 Å². The second-order valence-corrected chi connectivity index (χ2v) is 9.69. The summed E-state index contributed by atoms with van der Waals surface area (Å²) in [5.41, 5.74) is 23.3. The monoisotopic (exact) mass is 463 g/mol. The van der Waals surface area contributed by atoms with Gasteiger partial charge in [0.15, 0.2) is 12.6 Å². The summed E-state index contributed by atoms with van der Waals surface area (Å²) < 4.78 is 23.4. The fourth-order valence-electron chi connectivity index (χ4n) is 4.87. The highest BCUT2D eigenvalue weighted by Crippen LogP contribution is 2.31. The summed E-state index contributed by atoms with van der Waals surface area (Å²) in [5.74, 6) is 0. The first-order valence-corrected chi connectivity index (χ1v) is 11.3. The van der Waals surface area contributed by atoms with Crippen molar-refractivity contribution in [3.8, 4) is 0 Å². The lowest BCUT2D eigenvalue weighted by Crippen LogP contribution is -2.68. The third-order valence-corrected chi connectivity index (χ3v) is 6.81. The molecule has 0 radical (unpaired) electrons. The molecule has 32 heavy (non-hydrogen) atoms. The van der Waals surface area contributed by atoms with Gasteiger partial charge in [0, 0.05) is 18.1 Å². The maximum Gasteiger partial charge on any atom is 0.185 e. The standard InChI is InChI=1S/C20H41N5O7/c1-8(21)12-5-4-9(22)18(30-12)31-15-10(23)6-11(24)16(13(15)26)32-19-14(27)17(25-3)20(2,28)7-29-19/h8-19,25-28H,4-7,21-24H2,1-3H3/t8-,9-,10+,11-,12+,13+,14-,15-,16+,17-,18+,19+,20+/m1/s1. The van der Waals surface area contributed by atoms with Gasteiger partial charge in [0.05, 0.1) is 24.8 Å². The largest absolute Gasteiger partial charge is 0.388 e. The molecular formula is C20H41N5O7. The molecule has 13 atom stereocenters. The average molecular weight is 464 g/mol. The smallest absolute Gasteiger partial charge is 0.185 e. The molecule has 0 aromatic heterocycles. The summed E-state index contributed by atoms with van der Waals surface area (Å²) in [6.07, 6.45) is -4.58. The topological polar surface area (TPSA) is 214 Å². The molecule has 0 aromatic rings. The molecule has 1 saturated carbocycles. The molecule has 12 heteroatoms. The number of nitrogens with two attached hydrogens (primary N) is 4. The van der Waals surface area contributed by atoms with Gasteiger partial charge in [-0.05, 0) is 40.2 Å². The molecule has 2 saturated heterocycles. The van der Waals surface area contributed by atoms with Gasteiger partial charge >= 0.3 is 0 Å². The van der Waals surface area contributed by atoms with Gasteiger partial charge in [-0.1, -0.05) is 0 Å². The first-order valence-electron chi connectivity index (χ1n) is 11.3. The second-order valence-electron chi connectivity index (χ2n) is 9.69. The van der Waals surface area contributed by atoms with E-state index in [2.05, 4.69) is 5.32 Å². The number of rotatable bonds is 6. The number of nitrogens with one attached hydrogen (secondary N) is 1. The van der Waals surface area contributed by atoms with E-state index < -0.39 is 60.7 Å². The quantitative estimate of drug-likeness (QED) is 0.192. The van der Waals surface area contributed by atoms with E-state index in [0.29, 0.717) is 12.8 Å². The van der Waals surface area contributed by atoms with Crippen LogP contribution < -0.4 is 28.3 Å². The number of aliphatic hydroxyl groups excluding tert-OH is 2. The van der Waals surface area contributed by atoms with Crippen LogP contribution in [0.25, 0.3) is 0 Å². The molecule has 12 N–H and O–H groups in total. The van der Waals surface area contributed by atoms with Crippen LogP contribution in [0.3, 0.4) is 0 Å². The van der Waals surface area contributed by atoms with E-state index in [1.807, 2.05) is 6.92 Å². The molecule has 3 aliphatic rings. The van der Waals surface area contributed by atoms with E-state index >= 15 is 0 Å². The fraction of sp³-hybridized carbons (Fsp3) is 1.00. The fourth-order valence-corrected chi connectivity index (χ4v) is 4.87. The van der Waals surface area contributed by atoms with E-state index in [9.17, 15) is 15.3 Å². The van der Waals surface area contributed by atoms with Crippen molar-refractivity contribution in [2.45, 2.75) is 112 Å². The van der Waals surface area contributed by atoms with E-state index in [4.69, 9.17) is 41.9 Å². The minimum Gasteiger partial charge on any atom is -0.388 e. The highest BCUT2D eigenvalue weighted by Gasteiger charge is 2.50. The summed E-state index contributed by atoms with van der Waals surface area (Å²) in [6.45, 7) is 3.34. The van der Waals surface area contributed by atoms with Crippen LogP contribution in [0.2, 0.25) is 0 Å². The third-order valence-electron chi connectivity index (χ3n) is 6.81. The van der Waals surface area contributed by atoms with Crippen LogP contribution in [-0.2, 0) is 18.9 Å². The van der Waals surface area contributed by atoms with Gasteiger partial charge < -0.3 is 62.5 Å². The van der Waals surface area contributed by atoms with Crippen molar-refractivity contribution in [1.82, 2.24) is 5.32 Å². The predicted octanol–water partition coefficient (Wildman–Crippen LogP) is -3.59. The number of ether oxygens (including phenoxy) is 4. The van der Waals surface area contributed by atoms with Crippen molar-refractivity contribution < 1.29 is 34.3 Å². The molecule has 0 spiro atoms. The SMILES string of the molecule is CN[C@@H]1[C@@H](O)[C@H](O[C@@H]2[C@@H](O)[C@H](O[C@@H]3O[C@H]([C@@H](C)N)CC[C@H]3N)[C@@H](N)C[C@H]2N)OC[C@]1(C)O. The highest BCUT2D eigenvalue weighted by atomic mass is 16.7. The van der Waals surface area contributed by atoms with Crippen molar-refractivity contribution >= 4 is 0 Å². The van der Waals surface area contributed by atoms with Crippen LogP contribution in [0.5, 0.6) is 0 Å².